The fourth-order valence-electron chi connectivity index (χ4n) is 0.938. The van der Waals surface area contributed by atoms with Crippen molar-refractivity contribution in [2.45, 2.75) is 5.88 Å². The lowest BCUT2D eigenvalue weighted by atomic mass is 10.4. The Bertz CT molecular complexity index is 408. The van der Waals surface area contributed by atoms with Gasteiger partial charge in [0.25, 0.3) is 0 Å². The summed E-state index contributed by atoms with van der Waals surface area (Å²) in [7, 11) is 0. The number of hydrogen-bond donors (Lipinski definition) is 0. The van der Waals surface area contributed by atoms with Gasteiger partial charge in [0.05, 0.1) is 11.6 Å². The standard InChI is InChI=1S/C8H5Cl2NS2/c9-3-5-4-13-8(11-5)6-1-2-12-7(6)10/h1-2,4H,3H2. The summed E-state index contributed by atoms with van der Waals surface area (Å²) in [6.07, 6.45) is 0. The summed E-state index contributed by atoms with van der Waals surface area (Å²) in [6, 6.07) is 1.98. The van der Waals surface area contributed by atoms with Crippen molar-refractivity contribution < 1.29 is 0 Å². The van der Waals surface area contributed by atoms with Crippen LogP contribution in [0.3, 0.4) is 0 Å². The Morgan fingerprint density at radius 3 is 2.77 bits per heavy atom. The maximum Gasteiger partial charge on any atom is 0.126 e. The van der Waals surface area contributed by atoms with Gasteiger partial charge < -0.3 is 0 Å². The first-order chi connectivity index (χ1) is 6.31. The highest BCUT2D eigenvalue weighted by Gasteiger charge is 2.08. The molecule has 0 aliphatic rings. The van der Waals surface area contributed by atoms with E-state index in [9.17, 15) is 0 Å². The van der Waals surface area contributed by atoms with E-state index in [0.717, 1.165) is 20.6 Å². The van der Waals surface area contributed by atoms with Gasteiger partial charge in [0.2, 0.25) is 0 Å². The SMILES string of the molecule is ClCc1csc(-c2ccsc2Cl)n1. The molecule has 0 saturated carbocycles. The minimum atomic E-state index is 0.457. The first-order valence-electron chi connectivity index (χ1n) is 3.55. The Hall–Kier alpha value is -0.0900. The van der Waals surface area contributed by atoms with Crippen LogP contribution in [0.1, 0.15) is 5.69 Å². The average Bonchev–Trinajstić information content (AvgIpc) is 2.71. The van der Waals surface area contributed by atoms with Gasteiger partial charge in [-0.05, 0) is 11.4 Å². The summed E-state index contributed by atoms with van der Waals surface area (Å²) in [5.74, 6) is 0.457. The van der Waals surface area contributed by atoms with Crippen LogP contribution in [0.2, 0.25) is 4.34 Å². The Morgan fingerprint density at radius 2 is 2.23 bits per heavy atom. The second-order valence-electron chi connectivity index (χ2n) is 2.39. The number of halogens is 2. The highest BCUT2D eigenvalue weighted by Crippen LogP contribution is 2.34. The van der Waals surface area contributed by atoms with E-state index in [2.05, 4.69) is 4.98 Å². The van der Waals surface area contributed by atoms with Crippen molar-refractivity contribution in [3.05, 3.63) is 26.9 Å². The van der Waals surface area contributed by atoms with Crippen LogP contribution in [-0.2, 0) is 5.88 Å². The molecule has 68 valence electrons. The molecular weight excluding hydrogens is 245 g/mol. The lowest BCUT2D eigenvalue weighted by Gasteiger charge is -1.89. The molecule has 0 atom stereocenters. The molecule has 0 N–H and O–H groups in total. The number of rotatable bonds is 2. The van der Waals surface area contributed by atoms with Gasteiger partial charge in [0.1, 0.15) is 9.34 Å². The fourth-order valence-corrected chi connectivity index (χ4v) is 3.06. The number of nitrogens with zero attached hydrogens (tertiary/aromatic N) is 1. The number of thiophene rings is 1. The summed E-state index contributed by atoms with van der Waals surface area (Å²) in [5.41, 5.74) is 1.91. The van der Waals surface area contributed by atoms with Gasteiger partial charge in [0.15, 0.2) is 0 Å². The van der Waals surface area contributed by atoms with Gasteiger partial charge in [-0.15, -0.1) is 34.3 Å². The van der Waals surface area contributed by atoms with Crippen molar-refractivity contribution in [1.29, 1.82) is 0 Å². The van der Waals surface area contributed by atoms with Crippen LogP contribution >= 0.6 is 45.9 Å². The van der Waals surface area contributed by atoms with E-state index in [0.29, 0.717) is 5.88 Å². The Kier molecular flexibility index (Phi) is 2.89. The third-order valence-corrected chi connectivity index (χ3v) is 3.91. The Morgan fingerprint density at radius 1 is 1.38 bits per heavy atom. The number of alkyl halides is 1. The first kappa shape index (κ1) is 9.46. The first-order valence-corrected chi connectivity index (χ1v) is 6.22. The van der Waals surface area contributed by atoms with E-state index in [1.165, 1.54) is 11.3 Å². The van der Waals surface area contributed by atoms with Crippen LogP contribution in [0.4, 0.5) is 0 Å². The largest absolute Gasteiger partial charge is 0.240 e. The predicted molar refractivity (Wildman–Crippen MR) is 60.0 cm³/mol. The van der Waals surface area contributed by atoms with Crippen molar-refractivity contribution in [1.82, 2.24) is 4.98 Å². The summed E-state index contributed by atoms with van der Waals surface area (Å²) >= 11 is 14.7. The highest BCUT2D eigenvalue weighted by molar-refractivity contribution is 7.16. The molecule has 2 heterocycles. The van der Waals surface area contributed by atoms with E-state index in [1.54, 1.807) is 11.3 Å². The lowest BCUT2D eigenvalue weighted by Crippen LogP contribution is -1.76. The third-order valence-electron chi connectivity index (χ3n) is 1.54. The normalized spacial score (nSPS) is 10.6. The van der Waals surface area contributed by atoms with Crippen LogP contribution in [0.25, 0.3) is 10.6 Å². The van der Waals surface area contributed by atoms with Crippen molar-refractivity contribution >= 4 is 45.9 Å². The highest BCUT2D eigenvalue weighted by atomic mass is 35.5. The second-order valence-corrected chi connectivity index (χ2v) is 5.03. The third kappa shape index (κ3) is 1.89. The minimum absolute atomic E-state index is 0.457. The lowest BCUT2D eigenvalue weighted by molar-refractivity contribution is 1.23. The number of hydrogen-bond acceptors (Lipinski definition) is 3. The summed E-state index contributed by atoms with van der Waals surface area (Å²) in [5, 5.41) is 4.86. The molecule has 2 rings (SSSR count). The Labute approximate surface area is 94.0 Å². The maximum atomic E-state index is 5.98. The quantitative estimate of drug-likeness (QED) is 0.725. The molecule has 1 nitrogen and oxygen atoms in total. The molecule has 0 unspecified atom stereocenters. The number of aromatic nitrogens is 1. The molecule has 0 aromatic carbocycles. The monoisotopic (exact) mass is 249 g/mol. The molecule has 0 radical (unpaired) electrons. The molecule has 0 amide bonds. The number of thiazole rings is 1. The maximum absolute atomic E-state index is 5.98. The van der Waals surface area contributed by atoms with Crippen molar-refractivity contribution in [2.24, 2.45) is 0 Å². The van der Waals surface area contributed by atoms with Gasteiger partial charge in [0, 0.05) is 10.9 Å². The summed E-state index contributed by atoms with van der Waals surface area (Å²) < 4.78 is 0.787. The van der Waals surface area contributed by atoms with E-state index in [4.69, 9.17) is 23.2 Å². The molecule has 2 aromatic heterocycles. The average molecular weight is 250 g/mol. The van der Waals surface area contributed by atoms with Crippen molar-refractivity contribution in [2.75, 3.05) is 0 Å². The van der Waals surface area contributed by atoms with E-state index in [1.807, 2.05) is 16.8 Å². The topological polar surface area (TPSA) is 12.9 Å². The fraction of sp³-hybridized carbons (Fsp3) is 0.125. The molecular formula is C8H5Cl2NS2. The molecule has 0 aliphatic heterocycles. The van der Waals surface area contributed by atoms with Crippen molar-refractivity contribution in [3.8, 4) is 10.6 Å². The second kappa shape index (κ2) is 3.96. The molecule has 0 spiro atoms. The zero-order valence-corrected chi connectivity index (χ0v) is 9.60. The van der Waals surface area contributed by atoms with Crippen LogP contribution in [-0.4, -0.2) is 4.98 Å². The Balaban J connectivity index is 2.41. The van der Waals surface area contributed by atoms with Crippen LogP contribution < -0.4 is 0 Å². The molecule has 2 aromatic rings. The van der Waals surface area contributed by atoms with E-state index < -0.39 is 0 Å². The van der Waals surface area contributed by atoms with Crippen molar-refractivity contribution in [3.63, 3.8) is 0 Å². The van der Waals surface area contributed by atoms with Gasteiger partial charge in [-0.2, -0.15) is 0 Å². The summed E-state index contributed by atoms with van der Waals surface area (Å²) in [4.78, 5) is 4.34. The van der Waals surface area contributed by atoms with Crippen LogP contribution in [0.5, 0.6) is 0 Å². The predicted octanol–water partition coefficient (Wildman–Crippen LogP) is 4.26. The van der Waals surface area contributed by atoms with Gasteiger partial charge >= 0.3 is 0 Å². The molecule has 13 heavy (non-hydrogen) atoms. The summed E-state index contributed by atoms with van der Waals surface area (Å²) in [6.45, 7) is 0. The molecule has 0 bridgehead atoms. The zero-order chi connectivity index (χ0) is 9.26. The van der Waals surface area contributed by atoms with Crippen LogP contribution in [0, 0.1) is 0 Å². The van der Waals surface area contributed by atoms with Gasteiger partial charge in [-0.25, -0.2) is 4.98 Å². The minimum Gasteiger partial charge on any atom is -0.240 e. The van der Waals surface area contributed by atoms with Gasteiger partial charge in [-0.3, -0.25) is 0 Å². The molecule has 0 saturated heterocycles. The smallest absolute Gasteiger partial charge is 0.126 e. The van der Waals surface area contributed by atoms with Gasteiger partial charge in [-0.1, -0.05) is 11.6 Å². The van der Waals surface area contributed by atoms with Crippen LogP contribution in [0.15, 0.2) is 16.8 Å². The molecule has 0 aliphatic carbocycles. The van der Waals surface area contributed by atoms with E-state index in [-0.39, 0.29) is 0 Å². The zero-order valence-electron chi connectivity index (χ0n) is 6.46. The van der Waals surface area contributed by atoms with E-state index >= 15 is 0 Å². The molecule has 0 fully saturated rings. The molecule has 5 heteroatoms.